The SMILES string of the molecule is c1ccc(-c2ccc3c(c2)c2ccc(-c4ccc5c(c4)-c4cc(-c6cccc(-c7ccc8c(c7)-c7ccccc7C8)c6)ccc4C5)cc2n3-c2ccccc2)cc1. The molecule has 2 aliphatic carbocycles. The Bertz CT molecular complexity index is 3220. The molecule has 1 heterocycles. The summed E-state index contributed by atoms with van der Waals surface area (Å²) >= 11 is 0. The van der Waals surface area contributed by atoms with Gasteiger partial charge < -0.3 is 4.57 Å². The summed E-state index contributed by atoms with van der Waals surface area (Å²) in [6.07, 6.45) is 1.99. The molecule has 1 heteroatoms. The molecule has 10 aromatic rings. The van der Waals surface area contributed by atoms with Crippen molar-refractivity contribution >= 4 is 21.8 Å². The van der Waals surface area contributed by atoms with Crippen molar-refractivity contribution in [2.24, 2.45) is 0 Å². The molecule has 9 aromatic carbocycles. The summed E-state index contributed by atoms with van der Waals surface area (Å²) in [5.41, 5.74) is 24.6. The van der Waals surface area contributed by atoms with E-state index in [1.165, 1.54) is 117 Å². The van der Waals surface area contributed by atoms with Gasteiger partial charge in [-0.1, -0.05) is 146 Å². The molecule has 0 saturated heterocycles. The van der Waals surface area contributed by atoms with Crippen LogP contribution in [0.1, 0.15) is 22.3 Å². The highest BCUT2D eigenvalue weighted by molar-refractivity contribution is 6.11. The molecule has 0 atom stereocenters. The minimum absolute atomic E-state index is 0.965. The first-order valence-corrected chi connectivity index (χ1v) is 20.0. The maximum absolute atomic E-state index is 2.42. The summed E-state index contributed by atoms with van der Waals surface area (Å²) in [6.45, 7) is 0. The lowest BCUT2D eigenvalue weighted by Crippen LogP contribution is -1.93. The van der Waals surface area contributed by atoms with Gasteiger partial charge in [-0.25, -0.2) is 0 Å². The van der Waals surface area contributed by atoms with Crippen LogP contribution < -0.4 is 0 Å². The average Bonchev–Trinajstić information content (AvgIpc) is 3.95. The molecule has 57 heavy (non-hydrogen) atoms. The maximum atomic E-state index is 2.42. The second kappa shape index (κ2) is 12.7. The van der Waals surface area contributed by atoms with Crippen molar-refractivity contribution < 1.29 is 0 Å². The van der Waals surface area contributed by atoms with E-state index in [-0.39, 0.29) is 0 Å². The molecule has 0 fully saturated rings. The Morgan fingerprint density at radius 2 is 0.737 bits per heavy atom. The van der Waals surface area contributed by atoms with E-state index < -0.39 is 0 Å². The molecular formula is C56H37N. The van der Waals surface area contributed by atoms with Gasteiger partial charge in [-0.3, -0.25) is 0 Å². The summed E-state index contributed by atoms with van der Waals surface area (Å²) in [6, 6.07) is 74.4. The lowest BCUT2D eigenvalue weighted by molar-refractivity contribution is 1.18. The Labute approximate surface area is 332 Å². The molecule has 266 valence electrons. The molecule has 0 bridgehead atoms. The van der Waals surface area contributed by atoms with E-state index in [1.54, 1.807) is 0 Å². The van der Waals surface area contributed by atoms with Crippen molar-refractivity contribution in [3.05, 3.63) is 222 Å². The van der Waals surface area contributed by atoms with Crippen LogP contribution in [0.5, 0.6) is 0 Å². The number of rotatable bonds is 5. The smallest absolute Gasteiger partial charge is 0.0547 e. The standard InChI is InChI=1S/C56H37N/c1-3-10-36(11-4-1)39-25-27-55-54(34-39)50-26-24-43(35-56(50)57(55)48-15-5-2-6-16-48)42-20-23-47-30-46-22-19-41(32-52(46)53(47)33-42)38-14-9-13-37(28-38)40-18-21-45-29-44-12-7-8-17-49(44)51(45)31-40/h1-28,31-35H,29-30H2. The zero-order valence-electron chi connectivity index (χ0n) is 31.4. The van der Waals surface area contributed by atoms with Gasteiger partial charge >= 0.3 is 0 Å². The molecule has 0 N–H and O–H groups in total. The monoisotopic (exact) mass is 723 g/mol. The van der Waals surface area contributed by atoms with Gasteiger partial charge in [-0.05, 0) is 156 Å². The molecule has 0 saturated carbocycles. The van der Waals surface area contributed by atoms with E-state index in [9.17, 15) is 0 Å². The van der Waals surface area contributed by atoms with Crippen molar-refractivity contribution in [2.75, 3.05) is 0 Å². The van der Waals surface area contributed by atoms with Crippen LogP contribution in [0.3, 0.4) is 0 Å². The van der Waals surface area contributed by atoms with Crippen LogP contribution in [0.25, 0.3) is 94.3 Å². The first kappa shape index (κ1) is 32.1. The predicted molar refractivity (Wildman–Crippen MR) is 239 cm³/mol. The van der Waals surface area contributed by atoms with Crippen molar-refractivity contribution in [1.29, 1.82) is 0 Å². The van der Waals surface area contributed by atoms with Gasteiger partial charge in [-0.15, -0.1) is 0 Å². The third-order valence-corrected chi connectivity index (χ3v) is 12.4. The molecule has 2 aliphatic rings. The predicted octanol–water partition coefficient (Wildman–Crippen LogP) is 14.6. The lowest BCUT2D eigenvalue weighted by atomic mass is 9.93. The summed E-state index contributed by atoms with van der Waals surface area (Å²) in [4.78, 5) is 0. The van der Waals surface area contributed by atoms with E-state index in [0.29, 0.717) is 0 Å². The van der Waals surface area contributed by atoms with E-state index in [1.807, 2.05) is 0 Å². The summed E-state index contributed by atoms with van der Waals surface area (Å²) in [7, 11) is 0. The number of hydrogen-bond donors (Lipinski definition) is 0. The van der Waals surface area contributed by atoms with Crippen molar-refractivity contribution in [3.63, 3.8) is 0 Å². The number of aromatic nitrogens is 1. The molecule has 0 amide bonds. The molecular weight excluding hydrogens is 687 g/mol. The number of nitrogens with zero attached hydrogens (tertiary/aromatic N) is 1. The summed E-state index contributed by atoms with van der Waals surface area (Å²) < 4.78 is 2.42. The quantitative estimate of drug-likeness (QED) is 0.167. The van der Waals surface area contributed by atoms with E-state index in [0.717, 1.165) is 12.8 Å². The molecule has 0 unspecified atom stereocenters. The third kappa shape index (κ3) is 5.24. The lowest BCUT2D eigenvalue weighted by Gasteiger charge is -2.11. The van der Waals surface area contributed by atoms with Crippen LogP contribution in [0.4, 0.5) is 0 Å². The van der Waals surface area contributed by atoms with Crippen LogP contribution >= 0.6 is 0 Å². The van der Waals surface area contributed by atoms with Crippen LogP contribution in [0.2, 0.25) is 0 Å². The fourth-order valence-electron chi connectivity index (χ4n) is 9.57. The highest BCUT2D eigenvalue weighted by Crippen LogP contribution is 2.44. The normalized spacial score (nSPS) is 12.4. The van der Waals surface area contributed by atoms with Crippen LogP contribution in [-0.2, 0) is 12.8 Å². The van der Waals surface area contributed by atoms with Crippen molar-refractivity contribution in [1.82, 2.24) is 4.57 Å². The number of benzene rings is 9. The van der Waals surface area contributed by atoms with Gasteiger partial charge in [-0.2, -0.15) is 0 Å². The van der Waals surface area contributed by atoms with Gasteiger partial charge in [0.1, 0.15) is 0 Å². The minimum atomic E-state index is 0.965. The third-order valence-electron chi connectivity index (χ3n) is 12.4. The number of hydrogen-bond acceptors (Lipinski definition) is 0. The Hall–Kier alpha value is -7.22. The molecule has 1 nitrogen and oxygen atoms in total. The highest BCUT2D eigenvalue weighted by Gasteiger charge is 2.22. The molecule has 0 radical (unpaired) electrons. The number of fused-ring (bicyclic) bond motifs is 9. The average molecular weight is 724 g/mol. The topological polar surface area (TPSA) is 4.93 Å². The van der Waals surface area contributed by atoms with Crippen molar-refractivity contribution in [3.8, 4) is 72.4 Å². The molecule has 1 aromatic heterocycles. The second-order valence-corrected chi connectivity index (χ2v) is 15.7. The van der Waals surface area contributed by atoms with Crippen LogP contribution in [0.15, 0.2) is 200 Å². The zero-order valence-corrected chi connectivity index (χ0v) is 31.4. The first-order chi connectivity index (χ1) is 28.2. The van der Waals surface area contributed by atoms with E-state index in [4.69, 9.17) is 0 Å². The number of para-hydroxylation sites is 1. The van der Waals surface area contributed by atoms with E-state index in [2.05, 4.69) is 205 Å². The Morgan fingerprint density at radius 1 is 0.263 bits per heavy atom. The Balaban J connectivity index is 0.925. The van der Waals surface area contributed by atoms with Gasteiger partial charge in [0.15, 0.2) is 0 Å². The molecule has 0 aliphatic heterocycles. The maximum Gasteiger partial charge on any atom is 0.0547 e. The highest BCUT2D eigenvalue weighted by atomic mass is 15.0. The Kier molecular flexibility index (Phi) is 7.12. The zero-order chi connectivity index (χ0) is 37.5. The first-order valence-electron chi connectivity index (χ1n) is 20.0. The molecule has 12 rings (SSSR count). The van der Waals surface area contributed by atoms with Crippen LogP contribution in [0, 0.1) is 0 Å². The summed E-state index contributed by atoms with van der Waals surface area (Å²) in [5.74, 6) is 0. The second-order valence-electron chi connectivity index (χ2n) is 15.7. The molecule has 0 spiro atoms. The Morgan fingerprint density at radius 3 is 1.40 bits per heavy atom. The van der Waals surface area contributed by atoms with Crippen LogP contribution in [-0.4, -0.2) is 4.57 Å². The van der Waals surface area contributed by atoms with E-state index >= 15 is 0 Å². The van der Waals surface area contributed by atoms with Gasteiger partial charge in [0.05, 0.1) is 11.0 Å². The minimum Gasteiger partial charge on any atom is -0.309 e. The van der Waals surface area contributed by atoms with Gasteiger partial charge in [0.25, 0.3) is 0 Å². The fourth-order valence-corrected chi connectivity index (χ4v) is 9.57. The van der Waals surface area contributed by atoms with Gasteiger partial charge in [0, 0.05) is 16.5 Å². The van der Waals surface area contributed by atoms with Gasteiger partial charge in [0.2, 0.25) is 0 Å². The largest absolute Gasteiger partial charge is 0.309 e. The fraction of sp³-hybridized carbons (Fsp3) is 0.0357. The summed E-state index contributed by atoms with van der Waals surface area (Å²) in [5, 5.41) is 2.53. The van der Waals surface area contributed by atoms with Crippen molar-refractivity contribution in [2.45, 2.75) is 12.8 Å².